The van der Waals surface area contributed by atoms with E-state index in [-0.39, 0.29) is 17.8 Å². The number of aryl methyl sites for hydroxylation is 1. The lowest BCUT2D eigenvalue weighted by atomic mass is 9.54. The number of carboxylic acids is 1. The molecule has 2 fully saturated rings. The molecule has 4 rings (SSSR count). The summed E-state index contributed by atoms with van der Waals surface area (Å²) in [6, 6.07) is 6.26. The van der Waals surface area contributed by atoms with Crippen LogP contribution in [0.25, 0.3) is 0 Å². The zero-order valence-corrected chi connectivity index (χ0v) is 15.4. The van der Waals surface area contributed by atoms with Crippen LogP contribution >= 0.6 is 11.6 Å². The molecule has 3 nitrogen and oxygen atoms in total. The van der Waals surface area contributed by atoms with Crippen molar-refractivity contribution in [3.8, 4) is 0 Å². The second-order valence-corrected chi connectivity index (χ2v) is 8.89. The van der Waals surface area contributed by atoms with Crippen LogP contribution in [-0.4, -0.2) is 16.9 Å². The maximum atomic E-state index is 12.8. The largest absolute Gasteiger partial charge is 0.481 e. The van der Waals surface area contributed by atoms with Crippen molar-refractivity contribution in [3.63, 3.8) is 0 Å². The lowest BCUT2D eigenvalue weighted by Gasteiger charge is -2.50. The number of fused-ring (bicyclic) bond motifs is 5. The molecule has 2 saturated carbocycles. The third-order valence-electron chi connectivity index (χ3n) is 7.26. The van der Waals surface area contributed by atoms with Gasteiger partial charge in [-0.25, -0.2) is 0 Å². The Bertz CT molecular complexity index is 728. The second-order valence-electron chi connectivity index (χ2n) is 8.45. The molecule has 1 aromatic carbocycles. The lowest BCUT2D eigenvalue weighted by Crippen LogP contribution is -2.44. The topological polar surface area (TPSA) is 54.4 Å². The fourth-order valence-electron chi connectivity index (χ4n) is 6.18. The third-order valence-corrected chi connectivity index (χ3v) is 7.50. The summed E-state index contributed by atoms with van der Waals surface area (Å²) in [5.74, 6) is 1.18. The van der Waals surface area contributed by atoms with Crippen LogP contribution in [0.1, 0.15) is 62.5 Å². The van der Waals surface area contributed by atoms with Crippen molar-refractivity contribution >= 4 is 23.4 Å². The molecule has 134 valence electrons. The normalized spacial score (nSPS) is 36.5. The highest BCUT2D eigenvalue weighted by molar-refractivity contribution is 6.30. The Hall–Kier alpha value is -1.35. The molecule has 0 amide bonds. The summed E-state index contributed by atoms with van der Waals surface area (Å²) in [6.07, 6.45) is 5.49. The van der Waals surface area contributed by atoms with Gasteiger partial charge in [0.05, 0.1) is 0 Å². The van der Waals surface area contributed by atoms with E-state index < -0.39 is 5.97 Å². The Morgan fingerprint density at radius 1 is 1.36 bits per heavy atom. The molecule has 0 spiro atoms. The number of hydrogen-bond donors (Lipinski definition) is 1. The van der Waals surface area contributed by atoms with Crippen molar-refractivity contribution in [1.82, 2.24) is 0 Å². The molecule has 0 aliphatic heterocycles. The number of hydrogen-bond acceptors (Lipinski definition) is 2. The van der Waals surface area contributed by atoms with Crippen molar-refractivity contribution in [2.45, 2.75) is 57.8 Å². The number of aliphatic carboxylic acids is 1. The van der Waals surface area contributed by atoms with Gasteiger partial charge in [-0.3, -0.25) is 9.59 Å². The first kappa shape index (κ1) is 17.1. The van der Waals surface area contributed by atoms with Crippen LogP contribution in [-0.2, 0) is 16.0 Å². The fraction of sp³-hybridized carbons (Fsp3) is 0.619. The Morgan fingerprint density at radius 3 is 2.92 bits per heavy atom. The van der Waals surface area contributed by atoms with E-state index in [2.05, 4.69) is 19.1 Å². The first-order valence-corrected chi connectivity index (χ1v) is 9.81. The van der Waals surface area contributed by atoms with Crippen molar-refractivity contribution in [3.05, 3.63) is 34.3 Å². The first-order valence-electron chi connectivity index (χ1n) is 9.43. The molecule has 0 aromatic heterocycles. The SMILES string of the molecule is C[C@]12CC[C@@H]3c4ccc(Cl)cc4CC[C@H]3[C@@H]1[C@H](CCC(=O)O)CC2=O. The summed E-state index contributed by atoms with van der Waals surface area (Å²) in [4.78, 5) is 23.8. The quantitative estimate of drug-likeness (QED) is 0.837. The van der Waals surface area contributed by atoms with E-state index in [1.165, 1.54) is 11.1 Å². The molecule has 1 N–H and O–H groups in total. The van der Waals surface area contributed by atoms with Gasteiger partial charge in [-0.2, -0.15) is 0 Å². The number of Topliss-reactive ketones (excluding diaryl/α,β-unsaturated/α-hetero) is 1. The van der Waals surface area contributed by atoms with Gasteiger partial charge in [0.25, 0.3) is 0 Å². The average Bonchev–Trinajstić information content (AvgIpc) is 2.83. The molecule has 0 bridgehead atoms. The van der Waals surface area contributed by atoms with Gasteiger partial charge in [-0.1, -0.05) is 24.6 Å². The van der Waals surface area contributed by atoms with E-state index in [0.717, 1.165) is 30.7 Å². The summed E-state index contributed by atoms with van der Waals surface area (Å²) in [7, 11) is 0. The summed E-state index contributed by atoms with van der Waals surface area (Å²) in [5.41, 5.74) is 2.54. The molecule has 0 saturated heterocycles. The average molecular weight is 361 g/mol. The highest BCUT2D eigenvalue weighted by atomic mass is 35.5. The maximum Gasteiger partial charge on any atom is 0.303 e. The van der Waals surface area contributed by atoms with Gasteiger partial charge >= 0.3 is 5.97 Å². The van der Waals surface area contributed by atoms with Crippen LogP contribution in [0, 0.1) is 23.2 Å². The highest BCUT2D eigenvalue weighted by Gasteiger charge is 2.58. The van der Waals surface area contributed by atoms with Gasteiger partial charge in [0.15, 0.2) is 0 Å². The Balaban J connectivity index is 1.67. The van der Waals surface area contributed by atoms with E-state index >= 15 is 0 Å². The molecular formula is C21H25ClO3. The van der Waals surface area contributed by atoms with Gasteiger partial charge in [-0.15, -0.1) is 0 Å². The van der Waals surface area contributed by atoms with Crippen molar-refractivity contribution in [2.75, 3.05) is 0 Å². The third kappa shape index (κ3) is 2.71. The number of carbonyl (C=O) groups is 2. The number of ketones is 1. The van der Waals surface area contributed by atoms with Crippen LogP contribution in [0.5, 0.6) is 0 Å². The summed E-state index contributed by atoms with van der Waals surface area (Å²) in [6.45, 7) is 2.15. The fourth-order valence-corrected chi connectivity index (χ4v) is 6.38. The zero-order valence-electron chi connectivity index (χ0n) is 14.6. The monoisotopic (exact) mass is 360 g/mol. The predicted octanol–water partition coefficient (Wildman–Crippen LogP) is 4.86. The van der Waals surface area contributed by atoms with Gasteiger partial charge in [0, 0.05) is 23.3 Å². The van der Waals surface area contributed by atoms with Gasteiger partial charge < -0.3 is 5.11 Å². The lowest BCUT2D eigenvalue weighted by molar-refractivity contribution is -0.137. The van der Waals surface area contributed by atoms with E-state index in [4.69, 9.17) is 16.7 Å². The predicted molar refractivity (Wildman–Crippen MR) is 96.8 cm³/mol. The molecular weight excluding hydrogens is 336 g/mol. The molecule has 3 aliphatic rings. The summed E-state index contributed by atoms with van der Waals surface area (Å²) < 4.78 is 0. The van der Waals surface area contributed by atoms with Crippen LogP contribution < -0.4 is 0 Å². The van der Waals surface area contributed by atoms with Crippen LogP contribution in [0.3, 0.4) is 0 Å². The molecule has 25 heavy (non-hydrogen) atoms. The van der Waals surface area contributed by atoms with E-state index in [1.807, 2.05) is 6.07 Å². The molecule has 3 aliphatic carbocycles. The molecule has 5 atom stereocenters. The summed E-state index contributed by atoms with van der Waals surface area (Å²) in [5, 5.41) is 9.89. The van der Waals surface area contributed by atoms with Crippen molar-refractivity contribution < 1.29 is 14.7 Å². The minimum absolute atomic E-state index is 0.175. The van der Waals surface area contributed by atoms with Gasteiger partial charge in [0.2, 0.25) is 0 Å². The van der Waals surface area contributed by atoms with Crippen LogP contribution in [0.15, 0.2) is 18.2 Å². The molecule has 0 unspecified atom stereocenters. The molecule has 1 aromatic rings. The number of carboxylic acid groups (broad SMARTS) is 1. The molecule has 0 radical (unpaired) electrons. The summed E-state index contributed by atoms with van der Waals surface area (Å²) >= 11 is 6.18. The van der Waals surface area contributed by atoms with E-state index in [0.29, 0.717) is 36.4 Å². The standard InChI is InChI=1S/C21H25ClO3/c1-21-9-8-16-15-6-4-14(22)10-12(15)2-5-17(16)20(21)13(11-18(21)23)3-7-19(24)25/h4,6,10,13,16-17,20H,2-3,5,7-9,11H2,1H3,(H,24,25)/t13-,16-,17-,20+,21-/m1/s1. The minimum Gasteiger partial charge on any atom is -0.481 e. The number of halogens is 1. The van der Waals surface area contributed by atoms with Crippen LogP contribution in [0.2, 0.25) is 5.02 Å². The highest BCUT2D eigenvalue weighted by Crippen LogP contribution is 2.62. The number of rotatable bonds is 3. The van der Waals surface area contributed by atoms with E-state index in [1.54, 1.807) is 0 Å². The van der Waals surface area contributed by atoms with Crippen molar-refractivity contribution in [2.24, 2.45) is 23.2 Å². The maximum absolute atomic E-state index is 12.8. The minimum atomic E-state index is -0.753. The second kappa shape index (κ2) is 6.12. The zero-order chi connectivity index (χ0) is 17.8. The smallest absolute Gasteiger partial charge is 0.303 e. The van der Waals surface area contributed by atoms with E-state index in [9.17, 15) is 9.59 Å². The Labute approximate surface area is 153 Å². The molecule has 0 heterocycles. The Morgan fingerprint density at radius 2 is 2.16 bits per heavy atom. The number of benzene rings is 1. The van der Waals surface area contributed by atoms with Crippen molar-refractivity contribution in [1.29, 1.82) is 0 Å². The van der Waals surface area contributed by atoms with Gasteiger partial charge in [0.1, 0.15) is 5.78 Å². The molecule has 4 heteroatoms. The Kier molecular flexibility index (Phi) is 4.18. The van der Waals surface area contributed by atoms with Gasteiger partial charge in [-0.05, 0) is 79.0 Å². The number of carbonyl (C=O) groups excluding carboxylic acids is 1. The van der Waals surface area contributed by atoms with Crippen LogP contribution in [0.4, 0.5) is 0 Å². The first-order chi connectivity index (χ1) is 11.9.